The molecular weight excluding hydrogens is 420 g/mol. The highest BCUT2D eigenvalue weighted by atomic mass is 79.9. The first-order valence-corrected chi connectivity index (χ1v) is 9.38. The normalized spacial score (nSPS) is 11.2. The fraction of sp³-hybridized carbons (Fsp3) is 0.188. The minimum Gasteiger partial charge on any atom is -0.465 e. The maximum absolute atomic E-state index is 13.5. The summed E-state index contributed by atoms with van der Waals surface area (Å²) in [5, 5.41) is 0. The van der Waals surface area contributed by atoms with Gasteiger partial charge in [0.2, 0.25) is 0 Å². The first-order valence-electron chi connectivity index (χ1n) is 7.14. The molecule has 0 saturated heterocycles. The fourth-order valence-electron chi connectivity index (χ4n) is 2.01. The highest BCUT2D eigenvalue weighted by molar-refractivity contribution is 9.10. The minimum absolute atomic E-state index is 0.0583. The van der Waals surface area contributed by atoms with E-state index in [-0.39, 0.29) is 17.2 Å². The van der Waals surface area contributed by atoms with E-state index < -0.39 is 34.2 Å². The number of ether oxygens (including phenoxy) is 1. The molecule has 0 spiro atoms. The molecule has 0 aromatic heterocycles. The second-order valence-corrected chi connectivity index (χ2v) is 7.65. The number of hydrogen-bond donors (Lipinski definition) is 0. The third-order valence-electron chi connectivity index (χ3n) is 3.17. The van der Waals surface area contributed by atoms with Crippen LogP contribution in [0.3, 0.4) is 0 Å². The second-order valence-electron chi connectivity index (χ2n) is 4.87. The number of rotatable bonds is 6. The third kappa shape index (κ3) is 4.55. The Hall–Kier alpha value is -2.00. The highest BCUT2D eigenvalue weighted by Gasteiger charge is 2.28. The van der Waals surface area contributed by atoms with E-state index in [1.807, 2.05) is 0 Å². The zero-order valence-electron chi connectivity index (χ0n) is 13.1. The van der Waals surface area contributed by atoms with Gasteiger partial charge in [-0.05, 0) is 43.3 Å². The lowest BCUT2D eigenvalue weighted by atomic mass is 10.3. The van der Waals surface area contributed by atoms with Crippen molar-refractivity contribution in [3.05, 3.63) is 58.6 Å². The first kappa shape index (κ1) is 19.3. The third-order valence-corrected chi connectivity index (χ3v) is 5.49. The number of hydrogen-bond acceptors (Lipinski definition) is 4. The van der Waals surface area contributed by atoms with Crippen molar-refractivity contribution < 1.29 is 26.7 Å². The summed E-state index contributed by atoms with van der Waals surface area (Å²) in [5.74, 6) is -3.16. The SMILES string of the molecule is CCOC(=O)CN(c1ccc(F)c(F)c1)S(=O)(=O)c1ccc(Br)cc1. The number of carbonyl (C=O) groups excluding carboxylic acids is 1. The summed E-state index contributed by atoms with van der Waals surface area (Å²) in [7, 11) is -4.19. The predicted molar refractivity (Wildman–Crippen MR) is 91.7 cm³/mol. The molecule has 0 unspecified atom stereocenters. The van der Waals surface area contributed by atoms with Gasteiger partial charge in [0.15, 0.2) is 11.6 Å². The van der Waals surface area contributed by atoms with E-state index in [4.69, 9.17) is 4.74 Å². The van der Waals surface area contributed by atoms with Gasteiger partial charge < -0.3 is 4.74 Å². The summed E-state index contributed by atoms with van der Waals surface area (Å²) in [5.41, 5.74) is -0.185. The number of benzene rings is 2. The van der Waals surface area contributed by atoms with Gasteiger partial charge in [0.1, 0.15) is 6.54 Å². The first-order chi connectivity index (χ1) is 11.8. The Bertz CT molecular complexity index is 872. The molecule has 0 radical (unpaired) electrons. The average molecular weight is 434 g/mol. The van der Waals surface area contributed by atoms with Crippen molar-refractivity contribution in [1.29, 1.82) is 0 Å². The van der Waals surface area contributed by atoms with Crippen molar-refractivity contribution in [2.45, 2.75) is 11.8 Å². The van der Waals surface area contributed by atoms with Gasteiger partial charge in [-0.15, -0.1) is 0 Å². The number of halogens is 3. The van der Waals surface area contributed by atoms with Gasteiger partial charge in [-0.2, -0.15) is 0 Å². The van der Waals surface area contributed by atoms with Gasteiger partial charge in [0.05, 0.1) is 17.2 Å². The summed E-state index contributed by atoms with van der Waals surface area (Å²) in [6.07, 6.45) is 0. The van der Waals surface area contributed by atoms with Crippen LogP contribution in [-0.2, 0) is 19.6 Å². The molecule has 2 aromatic carbocycles. The Kier molecular flexibility index (Phi) is 6.12. The average Bonchev–Trinajstić information content (AvgIpc) is 2.56. The summed E-state index contributed by atoms with van der Waals surface area (Å²) in [6, 6.07) is 8.27. The summed E-state index contributed by atoms with van der Waals surface area (Å²) >= 11 is 3.20. The van der Waals surface area contributed by atoms with Crippen LogP contribution in [0.15, 0.2) is 51.8 Å². The quantitative estimate of drug-likeness (QED) is 0.654. The molecule has 25 heavy (non-hydrogen) atoms. The number of nitrogens with zero attached hydrogens (tertiary/aromatic N) is 1. The van der Waals surface area contributed by atoms with Gasteiger partial charge in [-0.1, -0.05) is 15.9 Å². The number of sulfonamides is 1. The molecule has 0 bridgehead atoms. The van der Waals surface area contributed by atoms with Gasteiger partial charge in [-0.3, -0.25) is 9.10 Å². The fourth-order valence-corrected chi connectivity index (χ4v) is 3.68. The van der Waals surface area contributed by atoms with Crippen molar-refractivity contribution >= 4 is 37.6 Å². The lowest BCUT2D eigenvalue weighted by Crippen LogP contribution is -2.36. The van der Waals surface area contributed by atoms with Crippen LogP contribution in [0, 0.1) is 11.6 Å². The second kappa shape index (κ2) is 7.92. The van der Waals surface area contributed by atoms with Crippen LogP contribution >= 0.6 is 15.9 Å². The maximum atomic E-state index is 13.5. The van der Waals surface area contributed by atoms with Crippen LogP contribution in [0.5, 0.6) is 0 Å². The molecule has 0 heterocycles. The zero-order valence-corrected chi connectivity index (χ0v) is 15.5. The Morgan fingerprint density at radius 2 is 1.76 bits per heavy atom. The molecule has 0 aliphatic heterocycles. The molecular formula is C16H14BrF2NO4S. The predicted octanol–water partition coefficient (Wildman–Crippen LogP) is 3.49. The van der Waals surface area contributed by atoms with E-state index in [1.54, 1.807) is 6.92 Å². The monoisotopic (exact) mass is 433 g/mol. The molecule has 5 nitrogen and oxygen atoms in total. The van der Waals surface area contributed by atoms with Crippen LogP contribution in [0.2, 0.25) is 0 Å². The van der Waals surface area contributed by atoms with Crippen LogP contribution < -0.4 is 4.31 Å². The molecule has 2 aromatic rings. The van der Waals surface area contributed by atoms with E-state index in [9.17, 15) is 22.0 Å². The summed E-state index contributed by atoms with van der Waals surface area (Å²) in [6.45, 7) is 0.961. The van der Waals surface area contributed by atoms with Crippen molar-refractivity contribution in [2.75, 3.05) is 17.5 Å². The Morgan fingerprint density at radius 3 is 2.32 bits per heavy atom. The molecule has 0 N–H and O–H groups in total. The maximum Gasteiger partial charge on any atom is 0.326 e. The molecule has 0 fully saturated rings. The van der Waals surface area contributed by atoms with E-state index in [2.05, 4.69) is 15.9 Å². The van der Waals surface area contributed by atoms with Gasteiger partial charge in [-0.25, -0.2) is 17.2 Å². The lowest BCUT2D eigenvalue weighted by molar-refractivity contribution is -0.141. The van der Waals surface area contributed by atoms with Crippen molar-refractivity contribution in [3.63, 3.8) is 0 Å². The highest BCUT2D eigenvalue weighted by Crippen LogP contribution is 2.26. The van der Waals surface area contributed by atoms with Crippen molar-refractivity contribution in [2.24, 2.45) is 0 Å². The summed E-state index contributed by atoms with van der Waals surface area (Å²) in [4.78, 5) is 11.7. The van der Waals surface area contributed by atoms with Crippen LogP contribution in [0.1, 0.15) is 6.92 Å². The van der Waals surface area contributed by atoms with Crippen LogP contribution in [-0.4, -0.2) is 27.5 Å². The molecule has 0 amide bonds. The molecule has 9 heteroatoms. The standard InChI is InChI=1S/C16H14BrF2NO4S/c1-2-24-16(21)10-20(12-5-8-14(18)15(19)9-12)25(22,23)13-6-3-11(17)4-7-13/h3-9H,2,10H2,1H3. The van der Waals surface area contributed by atoms with Crippen molar-refractivity contribution in [3.8, 4) is 0 Å². The Labute approximate surface area is 152 Å². The lowest BCUT2D eigenvalue weighted by Gasteiger charge is -2.23. The molecule has 0 atom stereocenters. The van der Waals surface area contributed by atoms with Crippen molar-refractivity contribution in [1.82, 2.24) is 0 Å². The van der Waals surface area contributed by atoms with E-state index in [1.165, 1.54) is 24.3 Å². The van der Waals surface area contributed by atoms with E-state index in [0.29, 0.717) is 14.8 Å². The van der Waals surface area contributed by atoms with Crippen LogP contribution in [0.4, 0.5) is 14.5 Å². The number of anilines is 1. The molecule has 0 saturated carbocycles. The topological polar surface area (TPSA) is 63.7 Å². The van der Waals surface area contributed by atoms with E-state index >= 15 is 0 Å². The van der Waals surface area contributed by atoms with Gasteiger partial charge >= 0.3 is 5.97 Å². The molecule has 0 aliphatic rings. The van der Waals surface area contributed by atoms with E-state index in [0.717, 1.165) is 12.1 Å². The number of esters is 1. The Balaban J connectivity index is 2.51. The Morgan fingerprint density at radius 1 is 1.12 bits per heavy atom. The molecule has 2 rings (SSSR count). The number of carbonyl (C=O) groups is 1. The zero-order chi connectivity index (χ0) is 18.6. The molecule has 134 valence electrons. The minimum atomic E-state index is -4.19. The summed E-state index contributed by atoms with van der Waals surface area (Å²) < 4.78 is 58.6. The smallest absolute Gasteiger partial charge is 0.326 e. The molecule has 0 aliphatic carbocycles. The van der Waals surface area contributed by atoms with Gasteiger partial charge in [0.25, 0.3) is 10.0 Å². The largest absolute Gasteiger partial charge is 0.465 e. The van der Waals surface area contributed by atoms with Crippen LogP contribution in [0.25, 0.3) is 0 Å². The van der Waals surface area contributed by atoms with Gasteiger partial charge in [0, 0.05) is 10.5 Å².